The second-order valence-electron chi connectivity index (χ2n) is 4.60. The van der Waals surface area contributed by atoms with Gasteiger partial charge >= 0.3 is 0 Å². The maximum Gasteiger partial charge on any atom is 0.265 e. The van der Waals surface area contributed by atoms with Crippen molar-refractivity contribution in [3.63, 3.8) is 0 Å². The molecule has 0 spiro atoms. The summed E-state index contributed by atoms with van der Waals surface area (Å²) in [6.07, 6.45) is 1.79. The van der Waals surface area contributed by atoms with Crippen LogP contribution in [0.2, 0.25) is 0 Å². The van der Waals surface area contributed by atoms with Gasteiger partial charge in [-0.1, -0.05) is 0 Å². The number of hydrogen-bond donors (Lipinski definition) is 0. The van der Waals surface area contributed by atoms with Crippen molar-refractivity contribution in [2.24, 2.45) is 0 Å². The third kappa shape index (κ3) is 5.24. The normalized spacial score (nSPS) is 15.1. The van der Waals surface area contributed by atoms with Crippen molar-refractivity contribution in [2.45, 2.75) is 38.9 Å². The first kappa shape index (κ1) is 15.8. The molecule has 0 fully saturated rings. The lowest BCUT2D eigenvalue weighted by Gasteiger charge is -2.38. The summed E-state index contributed by atoms with van der Waals surface area (Å²) in [7, 11) is -7.39. The van der Waals surface area contributed by atoms with Gasteiger partial charge in [-0.2, -0.15) is 16.8 Å². The average Bonchev–Trinajstić information content (AvgIpc) is 1.72. The third-order valence-corrected chi connectivity index (χ3v) is 3.61. The van der Waals surface area contributed by atoms with Gasteiger partial charge in [0, 0.05) is 0 Å². The molecule has 0 aliphatic carbocycles. The Morgan fingerprint density at radius 2 is 0.875 bits per heavy atom. The van der Waals surface area contributed by atoms with Crippen molar-refractivity contribution in [1.82, 2.24) is 0 Å². The first-order valence-corrected chi connectivity index (χ1v) is 8.11. The molecule has 0 aromatic heterocycles. The van der Waals surface area contributed by atoms with E-state index in [-0.39, 0.29) is 0 Å². The molecule has 0 N–H and O–H groups in total. The average molecular weight is 274 g/mol. The minimum Gasteiger partial charge on any atom is -0.261 e. The fraction of sp³-hybridized carbons (Fsp3) is 1.00. The topological polar surface area (TPSA) is 86.7 Å². The molecule has 0 aliphatic rings. The van der Waals surface area contributed by atoms with E-state index in [1.165, 1.54) is 27.7 Å². The molecule has 0 saturated carbocycles. The predicted octanol–water partition coefficient (Wildman–Crippen LogP) is 0.496. The molecule has 0 unspecified atom stereocenters. The van der Waals surface area contributed by atoms with Gasteiger partial charge in [-0.3, -0.25) is 8.37 Å². The lowest BCUT2D eigenvalue weighted by atomic mass is 9.90. The van der Waals surface area contributed by atoms with Gasteiger partial charge in [0.15, 0.2) is 0 Å². The molecule has 0 aromatic carbocycles. The van der Waals surface area contributed by atoms with Gasteiger partial charge in [0.2, 0.25) is 0 Å². The van der Waals surface area contributed by atoms with Crippen molar-refractivity contribution >= 4 is 20.2 Å². The van der Waals surface area contributed by atoms with Crippen LogP contribution in [-0.4, -0.2) is 40.5 Å². The molecule has 0 amide bonds. The van der Waals surface area contributed by atoms with Crippen molar-refractivity contribution in [1.29, 1.82) is 0 Å². The molecule has 0 aliphatic heterocycles. The lowest BCUT2D eigenvalue weighted by Crippen LogP contribution is -2.51. The SMILES string of the molecule is CC(C)(OS(C)(=O)=O)C(C)(C)OS(C)(=O)=O. The highest BCUT2D eigenvalue weighted by Crippen LogP contribution is 2.31. The minimum absolute atomic E-state index is 0.894. The second kappa shape index (κ2) is 4.25. The molecule has 0 atom stereocenters. The van der Waals surface area contributed by atoms with Crippen LogP contribution in [0, 0.1) is 0 Å². The summed E-state index contributed by atoms with van der Waals surface area (Å²) in [5, 5.41) is 0. The Balaban J connectivity index is 5.14. The van der Waals surface area contributed by atoms with E-state index in [0.717, 1.165) is 12.5 Å². The molecule has 0 heterocycles. The van der Waals surface area contributed by atoms with Crippen LogP contribution in [0.15, 0.2) is 0 Å². The maximum absolute atomic E-state index is 11.0. The maximum atomic E-state index is 11.0. The summed E-state index contributed by atoms with van der Waals surface area (Å²) < 4.78 is 53.8. The van der Waals surface area contributed by atoms with Crippen LogP contribution in [0.4, 0.5) is 0 Å². The molecule has 0 radical (unpaired) electrons. The zero-order chi connectivity index (χ0) is 13.4. The van der Waals surface area contributed by atoms with E-state index >= 15 is 0 Å². The quantitative estimate of drug-likeness (QED) is 0.678. The first-order valence-electron chi connectivity index (χ1n) is 4.47. The van der Waals surface area contributed by atoms with Crippen molar-refractivity contribution < 1.29 is 25.2 Å². The van der Waals surface area contributed by atoms with Crippen LogP contribution < -0.4 is 0 Å². The zero-order valence-electron chi connectivity index (χ0n) is 10.3. The first-order chi connectivity index (χ1) is 6.66. The Morgan fingerprint density at radius 1 is 0.688 bits per heavy atom. The number of hydrogen-bond acceptors (Lipinski definition) is 6. The molecule has 0 aromatic rings. The van der Waals surface area contributed by atoms with Crippen LogP contribution >= 0.6 is 0 Å². The Labute approximate surface area is 97.2 Å². The van der Waals surface area contributed by atoms with Crippen LogP contribution in [0.25, 0.3) is 0 Å². The zero-order valence-corrected chi connectivity index (χ0v) is 11.9. The fourth-order valence-corrected chi connectivity index (χ4v) is 2.87. The molecule has 6 nitrogen and oxygen atoms in total. The second-order valence-corrected chi connectivity index (χ2v) is 7.75. The highest BCUT2D eigenvalue weighted by atomic mass is 32.2. The summed E-state index contributed by atoms with van der Waals surface area (Å²) in [5.41, 5.74) is -2.60. The summed E-state index contributed by atoms with van der Waals surface area (Å²) in [6.45, 7) is 5.77. The Kier molecular flexibility index (Phi) is 4.20. The highest BCUT2D eigenvalue weighted by Gasteiger charge is 2.44. The van der Waals surface area contributed by atoms with E-state index in [1.54, 1.807) is 0 Å². The van der Waals surface area contributed by atoms with Crippen molar-refractivity contribution in [3.8, 4) is 0 Å². The van der Waals surface area contributed by atoms with Gasteiger partial charge < -0.3 is 0 Å². The van der Waals surface area contributed by atoms with E-state index in [1.807, 2.05) is 0 Å². The van der Waals surface area contributed by atoms with E-state index in [9.17, 15) is 16.8 Å². The Morgan fingerprint density at radius 3 is 1.00 bits per heavy atom. The highest BCUT2D eigenvalue weighted by molar-refractivity contribution is 7.86. The molecular formula is C8H18O6S2. The molecule has 8 heteroatoms. The molecule has 98 valence electrons. The molecule has 0 rings (SSSR count). The van der Waals surface area contributed by atoms with Crippen LogP contribution in [0.3, 0.4) is 0 Å². The van der Waals surface area contributed by atoms with Gasteiger partial charge in [-0.05, 0) is 27.7 Å². The van der Waals surface area contributed by atoms with E-state index in [4.69, 9.17) is 8.37 Å². The van der Waals surface area contributed by atoms with Gasteiger partial charge in [0.1, 0.15) is 11.2 Å². The predicted molar refractivity (Wildman–Crippen MR) is 60.0 cm³/mol. The Hall–Kier alpha value is -0.180. The van der Waals surface area contributed by atoms with Gasteiger partial charge in [0.25, 0.3) is 20.2 Å². The van der Waals surface area contributed by atoms with Crippen LogP contribution in [0.1, 0.15) is 27.7 Å². The smallest absolute Gasteiger partial charge is 0.261 e. The van der Waals surface area contributed by atoms with Gasteiger partial charge in [-0.15, -0.1) is 0 Å². The van der Waals surface area contributed by atoms with E-state index < -0.39 is 31.4 Å². The lowest BCUT2D eigenvalue weighted by molar-refractivity contribution is -0.0652. The standard InChI is InChI=1S/C8H18O6S2/c1-7(2,13-15(5,9)10)8(3,4)14-16(6,11)12/h1-6H3. The molecule has 0 bridgehead atoms. The summed E-state index contributed by atoms with van der Waals surface area (Å²) in [6, 6.07) is 0. The molecular weight excluding hydrogens is 256 g/mol. The van der Waals surface area contributed by atoms with Gasteiger partial charge in [0.05, 0.1) is 12.5 Å². The van der Waals surface area contributed by atoms with Crippen LogP contribution in [-0.2, 0) is 28.6 Å². The number of rotatable bonds is 5. The third-order valence-electron chi connectivity index (χ3n) is 2.17. The fourth-order valence-electron chi connectivity index (χ4n) is 0.958. The summed E-state index contributed by atoms with van der Waals surface area (Å²) in [4.78, 5) is 0. The Bertz CT molecular complexity index is 399. The van der Waals surface area contributed by atoms with Crippen LogP contribution in [0.5, 0.6) is 0 Å². The van der Waals surface area contributed by atoms with E-state index in [2.05, 4.69) is 0 Å². The minimum atomic E-state index is -3.70. The summed E-state index contributed by atoms with van der Waals surface area (Å²) >= 11 is 0. The van der Waals surface area contributed by atoms with Gasteiger partial charge in [-0.25, -0.2) is 0 Å². The summed E-state index contributed by atoms with van der Waals surface area (Å²) in [5.74, 6) is 0. The molecule has 16 heavy (non-hydrogen) atoms. The van der Waals surface area contributed by atoms with Crippen molar-refractivity contribution in [3.05, 3.63) is 0 Å². The monoisotopic (exact) mass is 274 g/mol. The van der Waals surface area contributed by atoms with Crippen molar-refractivity contribution in [2.75, 3.05) is 12.5 Å². The largest absolute Gasteiger partial charge is 0.265 e. The van der Waals surface area contributed by atoms with E-state index in [0.29, 0.717) is 0 Å². The molecule has 0 saturated heterocycles.